The highest BCUT2D eigenvalue weighted by Crippen LogP contribution is 2.33. The number of aryl methyl sites for hydroxylation is 1. The molecule has 0 atom stereocenters. The van der Waals surface area contributed by atoms with Crippen molar-refractivity contribution in [2.24, 2.45) is 0 Å². The minimum atomic E-state index is -4.35. The molecule has 20 heavy (non-hydrogen) atoms. The molecule has 0 aliphatic rings. The Balaban J connectivity index is 2.35. The van der Waals surface area contributed by atoms with Crippen molar-refractivity contribution in [1.82, 2.24) is 4.98 Å². The van der Waals surface area contributed by atoms with Crippen molar-refractivity contribution in [2.45, 2.75) is 26.4 Å². The Bertz CT molecular complexity index is 629. The van der Waals surface area contributed by atoms with Gasteiger partial charge in [0.25, 0.3) is 0 Å². The van der Waals surface area contributed by atoms with Crippen LogP contribution in [0.25, 0.3) is 10.6 Å². The molecule has 0 amide bonds. The summed E-state index contributed by atoms with van der Waals surface area (Å²) in [5, 5.41) is 0.563. The van der Waals surface area contributed by atoms with Crippen LogP contribution < -0.4 is 0 Å². The predicted octanol–water partition coefficient (Wildman–Crippen LogP) is 4.73. The zero-order valence-electron chi connectivity index (χ0n) is 10.9. The van der Waals surface area contributed by atoms with E-state index in [-0.39, 0.29) is 5.78 Å². The van der Waals surface area contributed by atoms with Crippen molar-refractivity contribution in [3.05, 3.63) is 40.4 Å². The van der Waals surface area contributed by atoms with Crippen LogP contribution >= 0.6 is 11.3 Å². The molecule has 0 saturated heterocycles. The van der Waals surface area contributed by atoms with E-state index in [2.05, 4.69) is 4.98 Å². The van der Waals surface area contributed by atoms with E-state index in [4.69, 9.17) is 0 Å². The van der Waals surface area contributed by atoms with Gasteiger partial charge in [-0.25, -0.2) is 4.98 Å². The minimum absolute atomic E-state index is 0.00170. The number of hydrogen-bond donors (Lipinski definition) is 0. The highest BCUT2D eigenvalue weighted by molar-refractivity contribution is 7.17. The van der Waals surface area contributed by atoms with Gasteiger partial charge in [0, 0.05) is 12.0 Å². The van der Waals surface area contributed by atoms with E-state index in [1.165, 1.54) is 23.5 Å². The van der Waals surface area contributed by atoms with Gasteiger partial charge in [0.15, 0.2) is 5.78 Å². The molecule has 0 radical (unpaired) electrons. The normalized spacial score (nSPS) is 11.7. The Labute approximate surface area is 118 Å². The van der Waals surface area contributed by atoms with Crippen LogP contribution in [0.4, 0.5) is 13.2 Å². The van der Waals surface area contributed by atoms with Gasteiger partial charge in [-0.2, -0.15) is 13.2 Å². The first-order valence-electron chi connectivity index (χ1n) is 6.01. The average Bonchev–Trinajstić information content (AvgIpc) is 2.79. The minimum Gasteiger partial charge on any atom is -0.293 e. The number of carbonyl (C=O) groups is 1. The molecule has 1 aromatic carbocycles. The number of ketones is 1. The molecule has 106 valence electrons. The third-order valence-corrected chi connectivity index (χ3v) is 4.08. The Morgan fingerprint density at radius 1 is 1.25 bits per heavy atom. The molecule has 6 heteroatoms. The van der Waals surface area contributed by atoms with Crippen LogP contribution in [0, 0.1) is 6.92 Å². The van der Waals surface area contributed by atoms with Crippen LogP contribution in [-0.2, 0) is 6.18 Å². The van der Waals surface area contributed by atoms with E-state index in [1.807, 2.05) is 0 Å². The largest absolute Gasteiger partial charge is 0.416 e. The topological polar surface area (TPSA) is 30.0 Å². The maximum atomic E-state index is 12.5. The lowest BCUT2D eigenvalue weighted by atomic mass is 10.1. The zero-order chi connectivity index (χ0) is 14.9. The van der Waals surface area contributed by atoms with Crippen molar-refractivity contribution in [1.29, 1.82) is 0 Å². The lowest BCUT2D eigenvalue weighted by molar-refractivity contribution is -0.137. The number of aromatic nitrogens is 1. The molecular weight excluding hydrogens is 287 g/mol. The Morgan fingerprint density at radius 2 is 1.85 bits per heavy atom. The van der Waals surface area contributed by atoms with E-state index in [9.17, 15) is 18.0 Å². The van der Waals surface area contributed by atoms with Gasteiger partial charge in [-0.05, 0) is 19.1 Å². The molecule has 1 aromatic heterocycles. The second kappa shape index (κ2) is 5.36. The second-order valence-electron chi connectivity index (χ2n) is 4.29. The number of halogens is 3. The highest BCUT2D eigenvalue weighted by atomic mass is 32.1. The number of hydrogen-bond acceptors (Lipinski definition) is 3. The molecule has 0 fully saturated rings. The monoisotopic (exact) mass is 299 g/mol. The SMILES string of the molecule is CCC(=O)c1sc(-c2ccc(C(F)(F)F)cc2)nc1C. The van der Waals surface area contributed by atoms with Gasteiger partial charge in [-0.1, -0.05) is 19.1 Å². The smallest absolute Gasteiger partial charge is 0.293 e. The summed E-state index contributed by atoms with van der Waals surface area (Å²) in [6.07, 6.45) is -3.96. The van der Waals surface area contributed by atoms with Gasteiger partial charge in [-0.3, -0.25) is 4.79 Å². The number of thiazole rings is 1. The third-order valence-electron chi connectivity index (χ3n) is 2.83. The van der Waals surface area contributed by atoms with Crippen LogP contribution in [0.1, 0.15) is 34.3 Å². The van der Waals surface area contributed by atoms with Crippen LogP contribution in [-0.4, -0.2) is 10.8 Å². The standard InChI is InChI=1S/C14H12F3NOS/c1-3-11(19)12-8(2)18-13(20-12)9-4-6-10(7-5-9)14(15,16)17/h4-7H,3H2,1-2H3. The number of carbonyl (C=O) groups excluding carboxylic acids is 1. The van der Waals surface area contributed by atoms with Crippen LogP contribution in [0.5, 0.6) is 0 Å². The average molecular weight is 299 g/mol. The summed E-state index contributed by atoms with van der Waals surface area (Å²) in [5.41, 5.74) is 0.511. The maximum Gasteiger partial charge on any atom is 0.416 e. The summed E-state index contributed by atoms with van der Waals surface area (Å²) in [4.78, 5) is 16.5. The highest BCUT2D eigenvalue weighted by Gasteiger charge is 2.30. The van der Waals surface area contributed by atoms with Crippen molar-refractivity contribution in [3.63, 3.8) is 0 Å². The zero-order valence-corrected chi connectivity index (χ0v) is 11.7. The maximum absolute atomic E-state index is 12.5. The van der Waals surface area contributed by atoms with Crippen molar-refractivity contribution in [2.75, 3.05) is 0 Å². The summed E-state index contributed by atoms with van der Waals surface area (Å²) in [6.45, 7) is 3.49. The first-order valence-corrected chi connectivity index (χ1v) is 6.83. The number of nitrogens with zero attached hydrogens (tertiary/aromatic N) is 1. The van der Waals surface area contributed by atoms with E-state index >= 15 is 0 Å². The quantitative estimate of drug-likeness (QED) is 0.767. The van der Waals surface area contributed by atoms with E-state index in [1.54, 1.807) is 13.8 Å². The molecule has 0 spiro atoms. The number of alkyl halides is 3. The van der Waals surface area contributed by atoms with Gasteiger partial charge in [0.1, 0.15) is 5.01 Å². The predicted molar refractivity (Wildman–Crippen MR) is 71.9 cm³/mol. The van der Waals surface area contributed by atoms with Gasteiger partial charge in [-0.15, -0.1) is 11.3 Å². The second-order valence-corrected chi connectivity index (χ2v) is 5.28. The summed E-state index contributed by atoms with van der Waals surface area (Å²) >= 11 is 1.22. The van der Waals surface area contributed by atoms with E-state index in [0.29, 0.717) is 27.6 Å². The number of rotatable bonds is 3. The van der Waals surface area contributed by atoms with Gasteiger partial charge in [0.2, 0.25) is 0 Å². The molecule has 2 aromatic rings. The molecule has 0 aliphatic heterocycles. The summed E-state index contributed by atoms with van der Waals surface area (Å²) < 4.78 is 37.5. The fourth-order valence-corrected chi connectivity index (χ4v) is 2.82. The molecule has 2 nitrogen and oxygen atoms in total. The first kappa shape index (κ1) is 14.7. The molecule has 0 aliphatic carbocycles. The Kier molecular flexibility index (Phi) is 3.94. The van der Waals surface area contributed by atoms with Crippen LogP contribution in [0.3, 0.4) is 0 Å². The fourth-order valence-electron chi connectivity index (χ4n) is 1.74. The number of Topliss-reactive ketones (excluding diaryl/α,β-unsaturated/α-hetero) is 1. The van der Waals surface area contributed by atoms with Crippen molar-refractivity contribution < 1.29 is 18.0 Å². The lowest BCUT2D eigenvalue weighted by Crippen LogP contribution is -2.03. The summed E-state index contributed by atoms with van der Waals surface area (Å²) in [5.74, 6) is -0.00170. The van der Waals surface area contributed by atoms with Gasteiger partial charge >= 0.3 is 6.18 Å². The van der Waals surface area contributed by atoms with Gasteiger partial charge < -0.3 is 0 Å². The molecule has 0 N–H and O–H groups in total. The fraction of sp³-hybridized carbons (Fsp3) is 0.286. The third kappa shape index (κ3) is 2.90. The Hall–Kier alpha value is -1.69. The summed E-state index contributed by atoms with van der Waals surface area (Å²) in [6, 6.07) is 4.80. The van der Waals surface area contributed by atoms with Crippen molar-refractivity contribution in [3.8, 4) is 10.6 Å². The first-order chi connectivity index (χ1) is 9.32. The molecule has 0 bridgehead atoms. The summed E-state index contributed by atoms with van der Waals surface area (Å²) in [7, 11) is 0. The molecule has 2 rings (SSSR count). The number of benzene rings is 1. The molecular formula is C14H12F3NOS. The molecule has 0 saturated carbocycles. The molecule has 1 heterocycles. The van der Waals surface area contributed by atoms with Gasteiger partial charge in [0.05, 0.1) is 16.1 Å². The lowest BCUT2D eigenvalue weighted by Gasteiger charge is -2.06. The van der Waals surface area contributed by atoms with Crippen molar-refractivity contribution >= 4 is 17.1 Å². The Morgan fingerprint density at radius 3 is 2.35 bits per heavy atom. The molecule has 0 unspecified atom stereocenters. The van der Waals surface area contributed by atoms with E-state index in [0.717, 1.165) is 12.1 Å². The van der Waals surface area contributed by atoms with Crippen LogP contribution in [0.15, 0.2) is 24.3 Å². The van der Waals surface area contributed by atoms with Crippen LogP contribution in [0.2, 0.25) is 0 Å². The van der Waals surface area contributed by atoms with E-state index < -0.39 is 11.7 Å².